The van der Waals surface area contributed by atoms with Gasteiger partial charge in [0.25, 0.3) is 0 Å². The Bertz CT molecular complexity index is 413. The molecule has 0 amide bonds. The molecular weight excluding hydrogens is 208 g/mol. The van der Waals surface area contributed by atoms with E-state index in [1.54, 1.807) is 6.92 Å². The molecule has 0 saturated heterocycles. The standard InChI is InChI=1S/C10H16N4O2/c1-4-16-8(15)6-5(10(6,2)3)7-12-9(11)14-13-7/h5-6H,4H2,1-3H3,(H3,11,12,13,14)/t5-,6+/m1/s1. The van der Waals surface area contributed by atoms with Crippen LogP contribution in [-0.2, 0) is 9.53 Å². The zero-order chi connectivity index (χ0) is 11.9. The van der Waals surface area contributed by atoms with Crippen LogP contribution in [0.4, 0.5) is 5.95 Å². The first-order valence-electron chi connectivity index (χ1n) is 5.33. The van der Waals surface area contributed by atoms with E-state index in [-0.39, 0.29) is 29.2 Å². The van der Waals surface area contributed by atoms with E-state index in [0.717, 1.165) is 0 Å². The van der Waals surface area contributed by atoms with E-state index in [1.165, 1.54) is 0 Å². The maximum atomic E-state index is 11.7. The number of esters is 1. The number of carbonyl (C=O) groups excluding carboxylic acids is 1. The van der Waals surface area contributed by atoms with E-state index < -0.39 is 0 Å². The van der Waals surface area contributed by atoms with Crippen molar-refractivity contribution in [3.63, 3.8) is 0 Å². The minimum atomic E-state index is -0.174. The number of anilines is 1. The second-order valence-corrected chi connectivity index (χ2v) is 4.61. The van der Waals surface area contributed by atoms with Crippen LogP contribution in [0.15, 0.2) is 0 Å². The molecule has 1 fully saturated rings. The second kappa shape index (κ2) is 3.47. The summed E-state index contributed by atoms with van der Waals surface area (Å²) in [6.07, 6.45) is 0. The molecule has 6 nitrogen and oxygen atoms in total. The van der Waals surface area contributed by atoms with Crippen LogP contribution in [-0.4, -0.2) is 27.8 Å². The molecular formula is C10H16N4O2. The lowest BCUT2D eigenvalue weighted by molar-refractivity contribution is -0.145. The molecule has 3 N–H and O–H groups in total. The lowest BCUT2D eigenvalue weighted by atomic mass is 10.1. The number of nitrogens with one attached hydrogen (secondary N) is 1. The van der Waals surface area contributed by atoms with Gasteiger partial charge in [-0.25, -0.2) is 0 Å². The van der Waals surface area contributed by atoms with Gasteiger partial charge in [-0.1, -0.05) is 13.8 Å². The van der Waals surface area contributed by atoms with Crippen LogP contribution >= 0.6 is 0 Å². The average Bonchev–Trinajstić information content (AvgIpc) is 2.54. The van der Waals surface area contributed by atoms with Crippen LogP contribution in [0.1, 0.15) is 32.5 Å². The van der Waals surface area contributed by atoms with Gasteiger partial charge in [-0.05, 0) is 12.3 Å². The van der Waals surface area contributed by atoms with E-state index >= 15 is 0 Å². The van der Waals surface area contributed by atoms with E-state index in [2.05, 4.69) is 15.2 Å². The number of H-pyrrole nitrogens is 1. The quantitative estimate of drug-likeness (QED) is 0.737. The number of ether oxygens (including phenoxy) is 1. The Morgan fingerprint density at radius 1 is 1.62 bits per heavy atom. The van der Waals surface area contributed by atoms with Crippen molar-refractivity contribution in [1.29, 1.82) is 0 Å². The van der Waals surface area contributed by atoms with Crippen LogP contribution in [0, 0.1) is 11.3 Å². The van der Waals surface area contributed by atoms with Crippen LogP contribution in [0.3, 0.4) is 0 Å². The van der Waals surface area contributed by atoms with Crippen LogP contribution in [0.5, 0.6) is 0 Å². The third-order valence-corrected chi connectivity index (χ3v) is 3.18. The number of hydrogen-bond donors (Lipinski definition) is 2. The molecule has 1 saturated carbocycles. The molecule has 6 heteroatoms. The van der Waals surface area contributed by atoms with Gasteiger partial charge < -0.3 is 10.5 Å². The molecule has 1 aliphatic rings. The van der Waals surface area contributed by atoms with Gasteiger partial charge in [0, 0.05) is 5.92 Å². The van der Waals surface area contributed by atoms with Crippen molar-refractivity contribution < 1.29 is 9.53 Å². The summed E-state index contributed by atoms with van der Waals surface area (Å²) in [5, 5.41) is 6.53. The fourth-order valence-electron chi connectivity index (χ4n) is 2.25. The number of rotatable bonds is 3. The molecule has 2 rings (SSSR count). The minimum Gasteiger partial charge on any atom is -0.466 e. The summed E-state index contributed by atoms with van der Waals surface area (Å²) in [5.41, 5.74) is 5.30. The van der Waals surface area contributed by atoms with Crippen molar-refractivity contribution in [3.8, 4) is 0 Å². The summed E-state index contributed by atoms with van der Waals surface area (Å²) in [7, 11) is 0. The molecule has 1 heterocycles. The Labute approximate surface area is 93.6 Å². The Morgan fingerprint density at radius 2 is 2.31 bits per heavy atom. The number of aromatic amines is 1. The Balaban J connectivity index is 2.16. The SMILES string of the molecule is CCOC(=O)[C@@H]1[C@H](c2nc(N)n[nH]2)C1(C)C. The number of nitrogens with two attached hydrogens (primary N) is 1. The van der Waals surface area contributed by atoms with Gasteiger partial charge in [-0.3, -0.25) is 9.89 Å². The Hall–Kier alpha value is -1.59. The molecule has 0 aromatic carbocycles. The fourth-order valence-corrected chi connectivity index (χ4v) is 2.25. The topological polar surface area (TPSA) is 93.9 Å². The molecule has 0 spiro atoms. The fraction of sp³-hybridized carbons (Fsp3) is 0.700. The van der Waals surface area contributed by atoms with E-state index in [0.29, 0.717) is 12.4 Å². The second-order valence-electron chi connectivity index (χ2n) is 4.61. The summed E-state index contributed by atoms with van der Waals surface area (Å²) < 4.78 is 5.03. The van der Waals surface area contributed by atoms with Crippen molar-refractivity contribution in [2.45, 2.75) is 26.7 Å². The average molecular weight is 224 g/mol. The van der Waals surface area contributed by atoms with Crippen molar-refractivity contribution in [3.05, 3.63) is 5.82 Å². The largest absolute Gasteiger partial charge is 0.466 e. The normalized spacial score (nSPS) is 26.4. The number of nitrogens with zero attached hydrogens (tertiary/aromatic N) is 2. The van der Waals surface area contributed by atoms with Crippen LogP contribution < -0.4 is 5.73 Å². The summed E-state index contributed by atoms with van der Waals surface area (Å²) in [5.74, 6) is 0.574. The summed E-state index contributed by atoms with van der Waals surface area (Å²) in [6.45, 7) is 6.22. The summed E-state index contributed by atoms with van der Waals surface area (Å²) >= 11 is 0. The molecule has 0 aliphatic heterocycles. The highest BCUT2D eigenvalue weighted by Crippen LogP contribution is 2.64. The Morgan fingerprint density at radius 3 is 2.81 bits per heavy atom. The molecule has 1 aromatic heterocycles. The monoisotopic (exact) mass is 224 g/mol. The van der Waals surface area contributed by atoms with Gasteiger partial charge in [0.15, 0.2) is 0 Å². The lowest BCUT2D eigenvalue weighted by Crippen LogP contribution is -2.10. The van der Waals surface area contributed by atoms with Crippen molar-refractivity contribution >= 4 is 11.9 Å². The van der Waals surface area contributed by atoms with Crippen LogP contribution in [0.25, 0.3) is 0 Å². The zero-order valence-corrected chi connectivity index (χ0v) is 9.65. The Kier molecular flexibility index (Phi) is 2.36. The maximum Gasteiger partial charge on any atom is 0.310 e. The summed E-state index contributed by atoms with van der Waals surface area (Å²) in [6, 6.07) is 0. The van der Waals surface area contributed by atoms with Gasteiger partial charge in [0.2, 0.25) is 5.95 Å². The third-order valence-electron chi connectivity index (χ3n) is 3.18. The van der Waals surface area contributed by atoms with Gasteiger partial charge in [0.05, 0.1) is 12.5 Å². The molecule has 16 heavy (non-hydrogen) atoms. The molecule has 2 atom stereocenters. The van der Waals surface area contributed by atoms with Crippen LogP contribution in [0.2, 0.25) is 0 Å². The highest BCUT2D eigenvalue weighted by atomic mass is 16.5. The highest BCUT2D eigenvalue weighted by Gasteiger charge is 2.64. The lowest BCUT2D eigenvalue weighted by Gasteiger charge is -2.01. The highest BCUT2D eigenvalue weighted by molar-refractivity contribution is 5.79. The number of carbonyl (C=O) groups is 1. The molecule has 0 bridgehead atoms. The molecule has 1 aliphatic carbocycles. The van der Waals surface area contributed by atoms with Crippen molar-refractivity contribution in [2.24, 2.45) is 11.3 Å². The number of hydrogen-bond acceptors (Lipinski definition) is 5. The van der Waals surface area contributed by atoms with Gasteiger partial charge in [-0.2, -0.15) is 4.98 Å². The zero-order valence-electron chi connectivity index (χ0n) is 9.65. The smallest absolute Gasteiger partial charge is 0.310 e. The van der Waals surface area contributed by atoms with Crippen molar-refractivity contribution in [1.82, 2.24) is 15.2 Å². The molecule has 0 radical (unpaired) electrons. The van der Waals surface area contributed by atoms with Gasteiger partial charge in [-0.15, -0.1) is 5.10 Å². The summed E-state index contributed by atoms with van der Waals surface area (Å²) in [4.78, 5) is 15.8. The predicted molar refractivity (Wildman–Crippen MR) is 57.4 cm³/mol. The first-order chi connectivity index (χ1) is 7.48. The molecule has 0 unspecified atom stereocenters. The van der Waals surface area contributed by atoms with E-state index in [1.807, 2.05) is 13.8 Å². The van der Waals surface area contributed by atoms with Crippen molar-refractivity contribution in [2.75, 3.05) is 12.3 Å². The number of aromatic nitrogens is 3. The van der Waals surface area contributed by atoms with E-state index in [9.17, 15) is 4.79 Å². The first-order valence-corrected chi connectivity index (χ1v) is 5.33. The predicted octanol–water partition coefficient (Wildman–Crippen LogP) is 0.690. The van der Waals surface area contributed by atoms with Gasteiger partial charge >= 0.3 is 5.97 Å². The molecule has 88 valence electrons. The first kappa shape index (κ1) is 10.9. The van der Waals surface area contributed by atoms with E-state index in [4.69, 9.17) is 10.5 Å². The van der Waals surface area contributed by atoms with Gasteiger partial charge in [0.1, 0.15) is 5.82 Å². The maximum absolute atomic E-state index is 11.7. The number of nitrogen functional groups attached to an aromatic ring is 1. The molecule has 1 aromatic rings. The third kappa shape index (κ3) is 1.54. The minimum absolute atomic E-state index is 0.0244.